The summed E-state index contributed by atoms with van der Waals surface area (Å²) in [4.78, 5) is 53.4. The molecule has 0 radical (unpaired) electrons. The third-order valence-corrected chi connectivity index (χ3v) is 11.2. The molecule has 1 aromatic carbocycles. The highest BCUT2D eigenvalue weighted by Crippen LogP contribution is 2.66. The number of ketones is 1. The molecule has 5 aliphatic rings. The van der Waals surface area contributed by atoms with Gasteiger partial charge >= 0.3 is 12.2 Å². The number of ether oxygens (including phenoxy) is 3. The highest BCUT2D eigenvalue weighted by atomic mass is 16.6. The van der Waals surface area contributed by atoms with Crippen molar-refractivity contribution in [1.82, 2.24) is 15.5 Å². The van der Waals surface area contributed by atoms with Crippen molar-refractivity contribution in [2.45, 2.75) is 114 Å². The number of amides is 3. The fraction of sp³-hybridized carbons (Fsp3) is 0.722. The Balaban J connectivity index is 1.14. The largest absolute Gasteiger partial charge is 0.477 e. The summed E-state index contributed by atoms with van der Waals surface area (Å²) in [5.41, 5.74) is -0.739. The van der Waals surface area contributed by atoms with Crippen molar-refractivity contribution >= 4 is 23.9 Å². The van der Waals surface area contributed by atoms with E-state index in [1.54, 1.807) is 33.9 Å². The smallest absolute Gasteiger partial charge is 0.415 e. The number of nitrogens with zero attached hydrogens (tertiary/aromatic N) is 2. The van der Waals surface area contributed by atoms with Crippen molar-refractivity contribution in [2.24, 2.45) is 11.8 Å². The summed E-state index contributed by atoms with van der Waals surface area (Å²) < 4.78 is 18.5. The Morgan fingerprint density at radius 2 is 1.92 bits per heavy atom. The number of carbonyl (C=O) groups excluding carboxylic acids is 4. The standard InChI is InChI=1S/C36H52N4O8/c1-21(2)18-24(38-32(43)48-34(3,4)5)31(42)37-15-16-39(6)33(44)46-26-11-10-23-19-27-36(45)13-12-25(41)30-35(36,28(23)29(26)47-30)14-17-40(27,7)20-22-8-9-22/h10-11,21-22,24,27,30,45H,8-9,12-20H2,1-7H3,(H-,37,38,42,43)/p+1/t24-,27?,30-,35-,36+,40-/m0/s1. The minimum Gasteiger partial charge on any atom is -0.477 e. The van der Waals surface area contributed by atoms with Gasteiger partial charge in [-0.1, -0.05) is 19.9 Å². The number of aliphatic hydroxyl groups is 1. The molecule has 48 heavy (non-hydrogen) atoms. The fourth-order valence-electron chi connectivity index (χ4n) is 8.89. The monoisotopic (exact) mass is 669 g/mol. The van der Waals surface area contributed by atoms with E-state index in [0.717, 1.165) is 28.7 Å². The lowest BCUT2D eigenvalue weighted by Crippen LogP contribution is -2.80. The Hall–Kier alpha value is -3.38. The zero-order chi connectivity index (χ0) is 34.8. The van der Waals surface area contributed by atoms with Crippen LogP contribution in [0.4, 0.5) is 9.59 Å². The highest BCUT2D eigenvalue weighted by molar-refractivity contribution is 5.90. The highest BCUT2D eigenvalue weighted by Gasteiger charge is 2.76. The molecule has 1 unspecified atom stereocenters. The Morgan fingerprint density at radius 3 is 2.58 bits per heavy atom. The Labute approximate surface area is 283 Å². The number of benzene rings is 1. The number of alkyl carbamates (subject to hydrolysis) is 1. The van der Waals surface area contributed by atoms with Crippen LogP contribution in [-0.4, -0.2) is 108 Å². The Kier molecular flexibility index (Phi) is 8.76. The van der Waals surface area contributed by atoms with Gasteiger partial charge in [0, 0.05) is 50.9 Å². The molecular weight excluding hydrogens is 616 g/mol. The summed E-state index contributed by atoms with van der Waals surface area (Å²) in [6.07, 6.45) is 2.79. The molecule has 12 nitrogen and oxygen atoms in total. The minimum absolute atomic E-state index is 0.0113. The first-order valence-corrected chi connectivity index (χ1v) is 17.6. The van der Waals surface area contributed by atoms with E-state index in [1.165, 1.54) is 17.7 Å². The summed E-state index contributed by atoms with van der Waals surface area (Å²) in [6, 6.07) is 2.89. The van der Waals surface area contributed by atoms with Gasteiger partial charge in [-0.3, -0.25) is 9.59 Å². The first kappa shape index (κ1) is 34.5. The number of Topliss-reactive ketones (excluding diaryl/α,β-unsaturated/α-hetero) is 1. The van der Waals surface area contributed by atoms with Crippen molar-refractivity contribution in [2.75, 3.05) is 40.3 Å². The van der Waals surface area contributed by atoms with Crippen LogP contribution in [0.25, 0.3) is 0 Å². The average molecular weight is 670 g/mol. The topological polar surface area (TPSA) is 143 Å². The summed E-state index contributed by atoms with van der Waals surface area (Å²) >= 11 is 0. The predicted molar refractivity (Wildman–Crippen MR) is 177 cm³/mol. The van der Waals surface area contributed by atoms with E-state index in [1.807, 2.05) is 19.9 Å². The van der Waals surface area contributed by atoms with E-state index in [4.69, 9.17) is 14.2 Å². The number of carbonyl (C=O) groups is 4. The number of likely N-dealkylation sites (N-methyl/N-ethyl adjacent to an activating group) is 2. The molecular formula is C36H53N4O8+. The second-order valence-electron chi connectivity index (χ2n) is 16.5. The summed E-state index contributed by atoms with van der Waals surface area (Å²) in [7, 11) is 3.85. The van der Waals surface area contributed by atoms with Crippen LogP contribution in [-0.2, 0) is 26.2 Å². The molecule has 3 fully saturated rings. The van der Waals surface area contributed by atoms with Gasteiger partial charge in [-0.2, -0.15) is 0 Å². The van der Waals surface area contributed by atoms with Crippen LogP contribution in [0.3, 0.4) is 0 Å². The van der Waals surface area contributed by atoms with Crippen LogP contribution in [0.15, 0.2) is 12.1 Å². The molecule has 2 heterocycles. The molecule has 2 bridgehead atoms. The predicted octanol–water partition coefficient (Wildman–Crippen LogP) is 3.45. The molecule has 6 atom stereocenters. The maximum atomic E-state index is 13.4. The average Bonchev–Trinajstić information content (AvgIpc) is 3.71. The van der Waals surface area contributed by atoms with Crippen LogP contribution in [0.1, 0.15) is 84.3 Å². The second-order valence-corrected chi connectivity index (χ2v) is 16.5. The number of hydrogen-bond acceptors (Lipinski definition) is 8. The van der Waals surface area contributed by atoms with Crippen LogP contribution < -0.4 is 20.1 Å². The number of quaternary nitrogens is 1. The van der Waals surface area contributed by atoms with Crippen LogP contribution in [0, 0.1) is 11.8 Å². The molecule has 6 rings (SSSR count). The van der Waals surface area contributed by atoms with Gasteiger partial charge in [-0.05, 0) is 64.0 Å². The van der Waals surface area contributed by atoms with E-state index >= 15 is 0 Å². The third-order valence-electron chi connectivity index (χ3n) is 11.2. The fourth-order valence-corrected chi connectivity index (χ4v) is 8.89. The number of piperidine rings is 1. The van der Waals surface area contributed by atoms with Crippen LogP contribution >= 0.6 is 0 Å². The normalized spacial score (nSPS) is 30.6. The molecule has 1 saturated heterocycles. The lowest BCUT2D eigenvalue weighted by molar-refractivity contribution is -0.950. The van der Waals surface area contributed by atoms with Crippen molar-refractivity contribution in [3.05, 3.63) is 23.3 Å². The van der Waals surface area contributed by atoms with Gasteiger partial charge in [-0.25, -0.2) is 9.59 Å². The van der Waals surface area contributed by atoms with Crippen LogP contribution in [0.2, 0.25) is 0 Å². The van der Waals surface area contributed by atoms with Crippen molar-refractivity contribution in [3.8, 4) is 11.5 Å². The zero-order valence-corrected chi connectivity index (χ0v) is 29.5. The molecule has 2 saturated carbocycles. The minimum atomic E-state index is -1.09. The van der Waals surface area contributed by atoms with Gasteiger partial charge in [0.2, 0.25) is 5.91 Å². The van der Waals surface area contributed by atoms with E-state index in [0.29, 0.717) is 37.4 Å². The molecule has 3 aliphatic carbocycles. The summed E-state index contributed by atoms with van der Waals surface area (Å²) in [6.45, 7) is 11.4. The molecule has 12 heteroatoms. The first-order chi connectivity index (χ1) is 22.5. The van der Waals surface area contributed by atoms with Crippen molar-refractivity contribution in [1.29, 1.82) is 0 Å². The number of hydrogen-bond donors (Lipinski definition) is 3. The van der Waals surface area contributed by atoms with Gasteiger partial charge < -0.3 is 39.3 Å². The summed E-state index contributed by atoms with van der Waals surface area (Å²) in [5.74, 6) is 1.08. The van der Waals surface area contributed by atoms with Gasteiger partial charge in [-0.15, -0.1) is 0 Å². The number of nitrogens with one attached hydrogen (secondary N) is 2. The first-order valence-electron chi connectivity index (χ1n) is 17.6. The molecule has 3 amide bonds. The van der Waals surface area contributed by atoms with Crippen molar-refractivity contribution < 1.29 is 43.0 Å². The second kappa shape index (κ2) is 12.2. The Bertz CT molecular complexity index is 1490. The van der Waals surface area contributed by atoms with Crippen molar-refractivity contribution in [3.63, 3.8) is 0 Å². The molecule has 3 N–H and O–H groups in total. The van der Waals surface area contributed by atoms with E-state index < -0.39 is 40.9 Å². The van der Waals surface area contributed by atoms with Gasteiger partial charge in [0.15, 0.2) is 23.4 Å². The molecule has 2 aliphatic heterocycles. The molecule has 264 valence electrons. The molecule has 1 spiro atoms. The Morgan fingerprint density at radius 1 is 1.19 bits per heavy atom. The SMILES string of the molecule is CC(C)C[C@H](NC(=O)OC(C)(C)C)C(=O)NCCN(C)C(=O)Oc1ccc2c3c1O[C@H]1C(=O)CC[C@@]4(O)C(C2)[N@+](C)(CC2CC2)CC[C@]314. The third kappa shape index (κ3) is 6.03. The molecule has 1 aromatic rings. The maximum Gasteiger partial charge on any atom is 0.415 e. The van der Waals surface area contributed by atoms with Gasteiger partial charge in [0.1, 0.15) is 23.3 Å². The van der Waals surface area contributed by atoms with Crippen LogP contribution in [0.5, 0.6) is 11.5 Å². The lowest BCUT2D eigenvalue weighted by atomic mass is 9.48. The van der Waals surface area contributed by atoms with E-state index in [2.05, 4.69) is 17.7 Å². The number of likely N-dealkylation sites (tertiary alicyclic amines) is 1. The lowest BCUT2D eigenvalue weighted by Gasteiger charge is -2.64. The maximum absolute atomic E-state index is 13.4. The van der Waals surface area contributed by atoms with Gasteiger partial charge in [0.05, 0.1) is 25.6 Å². The molecule has 0 aromatic heterocycles. The van der Waals surface area contributed by atoms with E-state index in [9.17, 15) is 24.3 Å². The number of rotatable bonds is 10. The van der Waals surface area contributed by atoms with E-state index in [-0.39, 0.29) is 48.9 Å². The van der Waals surface area contributed by atoms with Gasteiger partial charge in [0.25, 0.3) is 0 Å². The summed E-state index contributed by atoms with van der Waals surface area (Å²) in [5, 5.41) is 18.1. The quantitative estimate of drug-likeness (QED) is 0.322. The zero-order valence-electron chi connectivity index (χ0n) is 29.5.